The van der Waals surface area contributed by atoms with E-state index in [0.717, 1.165) is 13.2 Å². The standard InChI is InChI=1S/C48H34O2/c1-47(2)43-31-17-15-25(35-21-49-35)27-13-11-23-7-5-9-29(37(23)39(27)31)41(43)33-19-20-34-42-30-10-6-8-24-12-14-28-26(36-22-50-36)16-18-32(40(28)38(24)30)44(42)48(3,4)46(34)45(33)47/h5-20,35-36H,21-22H2,1-4H3. The number of hydrogen-bond donors (Lipinski definition) is 0. The van der Waals surface area contributed by atoms with E-state index < -0.39 is 0 Å². The molecule has 0 N–H and O–H groups in total. The maximum Gasteiger partial charge on any atom is 0.107 e. The van der Waals surface area contributed by atoms with Crippen molar-refractivity contribution in [3.05, 3.63) is 130 Å². The number of ether oxygens (including phenoxy) is 2. The van der Waals surface area contributed by atoms with Gasteiger partial charge < -0.3 is 9.47 Å². The minimum atomic E-state index is -0.205. The molecule has 2 nitrogen and oxygen atoms in total. The van der Waals surface area contributed by atoms with Crippen LogP contribution in [-0.2, 0) is 20.3 Å². The quantitative estimate of drug-likeness (QED) is 0.138. The van der Waals surface area contributed by atoms with Crippen LogP contribution in [0.25, 0.3) is 86.9 Å². The maximum atomic E-state index is 5.86. The van der Waals surface area contributed by atoms with Crippen molar-refractivity contribution in [3.63, 3.8) is 0 Å². The highest BCUT2D eigenvalue weighted by molar-refractivity contribution is 6.31. The Balaban J connectivity index is 1.18. The Labute approximate surface area is 289 Å². The zero-order valence-corrected chi connectivity index (χ0v) is 28.6. The van der Waals surface area contributed by atoms with Crippen LogP contribution in [0.5, 0.6) is 0 Å². The molecule has 2 heteroatoms. The Kier molecular flexibility index (Phi) is 4.44. The fourth-order valence-electron chi connectivity index (χ4n) is 11.3. The van der Waals surface area contributed by atoms with Crippen LogP contribution in [0.2, 0.25) is 0 Å². The highest BCUT2D eigenvalue weighted by atomic mass is 16.6. The predicted molar refractivity (Wildman–Crippen MR) is 206 cm³/mol. The average Bonchev–Trinajstić information content (AvgIpc) is 4.07. The minimum absolute atomic E-state index is 0.205. The van der Waals surface area contributed by atoms with E-state index in [1.54, 1.807) is 0 Å². The summed E-state index contributed by atoms with van der Waals surface area (Å²) in [5.74, 6) is 0. The summed E-state index contributed by atoms with van der Waals surface area (Å²) in [5, 5.41) is 16.5. The van der Waals surface area contributed by atoms with Gasteiger partial charge in [0, 0.05) is 10.8 Å². The molecule has 2 aliphatic heterocycles. The van der Waals surface area contributed by atoms with Crippen LogP contribution < -0.4 is 0 Å². The molecular formula is C48H34O2. The summed E-state index contributed by atoms with van der Waals surface area (Å²) in [7, 11) is 0. The van der Waals surface area contributed by atoms with Crippen LogP contribution in [-0.4, -0.2) is 13.2 Å². The van der Waals surface area contributed by atoms with Crippen LogP contribution in [0.1, 0.15) is 73.3 Å². The molecule has 2 aliphatic carbocycles. The van der Waals surface area contributed by atoms with Crippen LogP contribution in [0.4, 0.5) is 0 Å². The van der Waals surface area contributed by atoms with Gasteiger partial charge in [-0.25, -0.2) is 0 Å². The van der Waals surface area contributed by atoms with Gasteiger partial charge in [-0.3, -0.25) is 0 Å². The van der Waals surface area contributed by atoms with E-state index in [1.165, 1.54) is 120 Å². The summed E-state index contributed by atoms with van der Waals surface area (Å²) < 4.78 is 11.7. The van der Waals surface area contributed by atoms with Crippen molar-refractivity contribution in [1.82, 2.24) is 0 Å². The molecule has 0 bridgehead atoms. The third-order valence-electron chi connectivity index (χ3n) is 13.3. The molecule has 0 amide bonds. The third kappa shape index (κ3) is 2.89. The molecule has 13 rings (SSSR count). The van der Waals surface area contributed by atoms with E-state index in [0.29, 0.717) is 0 Å². The molecule has 9 aromatic rings. The van der Waals surface area contributed by atoms with Crippen LogP contribution in [0.15, 0.2) is 97.1 Å². The lowest BCUT2D eigenvalue weighted by Crippen LogP contribution is -2.24. The van der Waals surface area contributed by atoms with Crippen molar-refractivity contribution >= 4 is 64.6 Å². The van der Waals surface area contributed by atoms with Crippen molar-refractivity contribution in [1.29, 1.82) is 0 Å². The molecule has 2 atom stereocenters. The summed E-state index contributed by atoms with van der Waals surface area (Å²) in [4.78, 5) is 0. The molecule has 0 radical (unpaired) electrons. The van der Waals surface area contributed by atoms with Gasteiger partial charge in [-0.1, -0.05) is 125 Å². The van der Waals surface area contributed by atoms with Crippen molar-refractivity contribution in [2.45, 2.75) is 50.7 Å². The summed E-state index contributed by atoms with van der Waals surface area (Å²) >= 11 is 0. The monoisotopic (exact) mass is 642 g/mol. The number of epoxide rings is 2. The van der Waals surface area contributed by atoms with Crippen LogP contribution in [0.3, 0.4) is 0 Å². The van der Waals surface area contributed by atoms with Crippen molar-refractivity contribution in [2.24, 2.45) is 0 Å². The SMILES string of the molecule is CC1(C)c2c(ccc3c2C(C)(C)c2c-3c3cccc4ccc5c(C6CO6)ccc2c5c43)-c2c1c1ccc(C3CO3)c3ccc4cccc2c4c31. The predicted octanol–water partition coefficient (Wildman–Crippen LogP) is 12.2. The molecule has 50 heavy (non-hydrogen) atoms. The second-order valence-electron chi connectivity index (χ2n) is 16.5. The lowest BCUT2D eigenvalue weighted by molar-refractivity contribution is 0.417. The Morgan fingerprint density at radius 2 is 0.840 bits per heavy atom. The van der Waals surface area contributed by atoms with Crippen molar-refractivity contribution < 1.29 is 9.47 Å². The zero-order chi connectivity index (χ0) is 33.0. The summed E-state index contributed by atoms with van der Waals surface area (Å²) in [5.41, 5.74) is 13.9. The zero-order valence-electron chi connectivity index (χ0n) is 28.6. The second-order valence-corrected chi connectivity index (χ2v) is 16.5. The molecule has 0 saturated carbocycles. The first kappa shape index (κ1) is 26.8. The molecule has 2 unspecified atom stereocenters. The lowest BCUT2D eigenvalue weighted by Gasteiger charge is -2.32. The largest absolute Gasteiger partial charge is 0.368 e. The van der Waals surface area contributed by atoms with Gasteiger partial charge in [0.2, 0.25) is 0 Å². The first-order chi connectivity index (χ1) is 24.3. The molecule has 238 valence electrons. The fourth-order valence-corrected chi connectivity index (χ4v) is 11.3. The Bertz CT molecular complexity index is 2830. The molecule has 4 aliphatic rings. The van der Waals surface area contributed by atoms with Gasteiger partial charge in [-0.05, 0) is 120 Å². The second kappa shape index (κ2) is 8.29. The van der Waals surface area contributed by atoms with Gasteiger partial charge >= 0.3 is 0 Å². The van der Waals surface area contributed by atoms with E-state index in [4.69, 9.17) is 9.47 Å². The lowest BCUT2D eigenvalue weighted by atomic mass is 9.71. The number of rotatable bonds is 2. The van der Waals surface area contributed by atoms with Crippen molar-refractivity contribution in [3.8, 4) is 22.3 Å². The number of benzene rings is 9. The normalized spacial score (nSPS) is 20.8. The van der Waals surface area contributed by atoms with E-state index >= 15 is 0 Å². The summed E-state index contributed by atoms with van der Waals surface area (Å²) in [6.07, 6.45) is 0.426. The molecule has 0 spiro atoms. The van der Waals surface area contributed by atoms with Gasteiger partial charge in [-0.15, -0.1) is 0 Å². The van der Waals surface area contributed by atoms with Gasteiger partial charge in [0.05, 0.1) is 13.2 Å². The van der Waals surface area contributed by atoms with Gasteiger partial charge in [-0.2, -0.15) is 0 Å². The first-order valence-corrected chi connectivity index (χ1v) is 18.2. The van der Waals surface area contributed by atoms with Gasteiger partial charge in [0.25, 0.3) is 0 Å². The molecule has 0 aromatic heterocycles. The molecule has 2 heterocycles. The number of fused-ring (bicyclic) bond motifs is 11. The Morgan fingerprint density at radius 1 is 0.420 bits per heavy atom. The molecule has 2 saturated heterocycles. The van der Waals surface area contributed by atoms with Gasteiger partial charge in [0.1, 0.15) is 12.2 Å². The maximum absolute atomic E-state index is 5.86. The summed E-state index contributed by atoms with van der Waals surface area (Å²) in [6.45, 7) is 11.6. The minimum Gasteiger partial charge on any atom is -0.368 e. The highest BCUT2D eigenvalue weighted by Crippen LogP contribution is 2.64. The van der Waals surface area contributed by atoms with E-state index in [-0.39, 0.29) is 23.0 Å². The topological polar surface area (TPSA) is 25.1 Å². The summed E-state index contributed by atoms with van der Waals surface area (Å²) in [6, 6.07) is 37.7. The molecular weight excluding hydrogens is 609 g/mol. The molecule has 9 aromatic carbocycles. The van der Waals surface area contributed by atoms with Crippen molar-refractivity contribution in [2.75, 3.05) is 13.2 Å². The average molecular weight is 643 g/mol. The van der Waals surface area contributed by atoms with E-state index in [1.807, 2.05) is 0 Å². The molecule has 2 fully saturated rings. The van der Waals surface area contributed by atoms with Crippen LogP contribution in [0, 0.1) is 0 Å². The van der Waals surface area contributed by atoms with E-state index in [2.05, 4.69) is 125 Å². The van der Waals surface area contributed by atoms with Crippen LogP contribution >= 0.6 is 0 Å². The van der Waals surface area contributed by atoms with E-state index in [9.17, 15) is 0 Å². The highest BCUT2D eigenvalue weighted by Gasteiger charge is 2.48. The number of hydrogen-bond acceptors (Lipinski definition) is 2. The Hall–Kier alpha value is -5.02. The smallest absolute Gasteiger partial charge is 0.107 e. The first-order valence-electron chi connectivity index (χ1n) is 18.2. The fraction of sp³-hybridized carbons (Fsp3) is 0.208. The third-order valence-corrected chi connectivity index (χ3v) is 13.3. The Morgan fingerprint density at radius 3 is 1.26 bits per heavy atom. The van der Waals surface area contributed by atoms with Gasteiger partial charge in [0.15, 0.2) is 0 Å².